The fraction of sp³-hybridized carbons (Fsp3) is 0.130. The number of nitrogens with one attached hydrogen (secondary N) is 2. The third-order valence-corrected chi connectivity index (χ3v) is 6.21. The molecule has 0 saturated heterocycles. The first-order chi connectivity index (χ1) is 15.2. The van der Waals surface area contributed by atoms with Gasteiger partial charge in [0, 0.05) is 11.6 Å². The van der Waals surface area contributed by atoms with E-state index in [1.54, 1.807) is 36.4 Å². The number of amides is 1. The Kier molecular flexibility index (Phi) is 5.90. The standard InChI is InChI=1S/C23H21ClN4O3S/c1-15-6-12-19(13-7-15)26-32(30,31)27-23(29)20-4-3-5-21-22(20)25-16(2)28(21)14-17-8-10-18(24)11-9-17/h3-13,26H,14H2,1-2H3,(H,27,29). The zero-order valence-electron chi connectivity index (χ0n) is 17.5. The number of nitrogens with zero attached hydrogens (tertiary/aromatic N) is 2. The Morgan fingerprint density at radius 3 is 2.38 bits per heavy atom. The zero-order valence-corrected chi connectivity index (χ0v) is 19.0. The van der Waals surface area contributed by atoms with Crippen LogP contribution in [0.5, 0.6) is 0 Å². The molecule has 2 N–H and O–H groups in total. The fourth-order valence-electron chi connectivity index (χ4n) is 3.40. The van der Waals surface area contributed by atoms with Crippen molar-refractivity contribution in [3.63, 3.8) is 0 Å². The topological polar surface area (TPSA) is 93.1 Å². The molecule has 4 aromatic rings. The van der Waals surface area contributed by atoms with Gasteiger partial charge in [0.05, 0.1) is 16.8 Å². The highest BCUT2D eigenvalue weighted by Crippen LogP contribution is 2.22. The van der Waals surface area contributed by atoms with Crippen molar-refractivity contribution in [2.45, 2.75) is 20.4 Å². The van der Waals surface area contributed by atoms with Crippen molar-refractivity contribution in [3.05, 3.63) is 94.3 Å². The lowest BCUT2D eigenvalue weighted by atomic mass is 10.1. The van der Waals surface area contributed by atoms with Crippen LogP contribution in [-0.4, -0.2) is 23.9 Å². The van der Waals surface area contributed by atoms with Crippen LogP contribution in [0.15, 0.2) is 66.7 Å². The second kappa shape index (κ2) is 8.64. The van der Waals surface area contributed by atoms with Gasteiger partial charge in [-0.1, -0.05) is 47.5 Å². The van der Waals surface area contributed by atoms with E-state index in [0.717, 1.165) is 16.6 Å². The van der Waals surface area contributed by atoms with Crippen molar-refractivity contribution >= 4 is 44.4 Å². The predicted molar refractivity (Wildman–Crippen MR) is 126 cm³/mol. The van der Waals surface area contributed by atoms with E-state index < -0.39 is 16.1 Å². The molecule has 1 aromatic heterocycles. The summed E-state index contributed by atoms with van der Waals surface area (Å²) in [5.41, 5.74) is 3.72. The molecular weight excluding hydrogens is 448 g/mol. The minimum absolute atomic E-state index is 0.176. The molecule has 0 unspecified atom stereocenters. The first-order valence-corrected chi connectivity index (χ1v) is 11.7. The number of carbonyl (C=O) groups is 1. The third kappa shape index (κ3) is 4.76. The number of fused-ring (bicyclic) bond motifs is 1. The SMILES string of the molecule is Cc1ccc(NS(=O)(=O)NC(=O)c2cccc3c2nc(C)n3Cc2ccc(Cl)cc2)cc1. The van der Waals surface area contributed by atoms with Crippen LogP contribution in [0, 0.1) is 13.8 Å². The number of imidazole rings is 1. The minimum Gasteiger partial charge on any atom is -0.324 e. The van der Waals surface area contributed by atoms with Crippen molar-refractivity contribution < 1.29 is 13.2 Å². The number of anilines is 1. The average Bonchev–Trinajstić information content (AvgIpc) is 3.06. The summed E-state index contributed by atoms with van der Waals surface area (Å²) in [7, 11) is -4.12. The molecule has 0 saturated carbocycles. The molecule has 1 heterocycles. The normalized spacial score (nSPS) is 11.5. The first kappa shape index (κ1) is 21.9. The van der Waals surface area contributed by atoms with Crippen molar-refractivity contribution in [2.24, 2.45) is 0 Å². The van der Waals surface area contributed by atoms with E-state index in [4.69, 9.17) is 11.6 Å². The van der Waals surface area contributed by atoms with E-state index in [2.05, 4.69) is 14.4 Å². The van der Waals surface area contributed by atoms with Crippen LogP contribution in [0.25, 0.3) is 11.0 Å². The largest absolute Gasteiger partial charge is 0.324 e. The number of rotatable bonds is 6. The molecule has 7 nitrogen and oxygen atoms in total. The summed E-state index contributed by atoms with van der Waals surface area (Å²) < 4.78 is 31.3. The van der Waals surface area contributed by atoms with E-state index >= 15 is 0 Å². The number of carbonyl (C=O) groups excluding carboxylic acids is 1. The molecule has 4 rings (SSSR count). The summed E-state index contributed by atoms with van der Waals surface area (Å²) in [5, 5.41) is 0.653. The number of aromatic nitrogens is 2. The summed E-state index contributed by atoms with van der Waals surface area (Å²) in [5.74, 6) is -0.0535. The Morgan fingerprint density at radius 2 is 1.69 bits per heavy atom. The molecule has 0 aliphatic rings. The Morgan fingerprint density at radius 1 is 1.00 bits per heavy atom. The second-order valence-electron chi connectivity index (χ2n) is 7.45. The summed E-state index contributed by atoms with van der Waals surface area (Å²) in [6, 6.07) is 19.4. The quantitative estimate of drug-likeness (QED) is 0.437. The molecule has 0 bridgehead atoms. The van der Waals surface area contributed by atoms with E-state index in [1.165, 1.54) is 0 Å². The highest BCUT2D eigenvalue weighted by Gasteiger charge is 2.20. The van der Waals surface area contributed by atoms with E-state index in [1.807, 2.05) is 48.7 Å². The number of halogens is 1. The van der Waals surface area contributed by atoms with Crippen LogP contribution in [0.4, 0.5) is 5.69 Å². The van der Waals surface area contributed by atoms with E-state index in [0.29, 0.717) is 28.6 Å². The summed E-state index contributed by atoms with van der Waals surface area (Å²) in [6.07, 6.45) is 0. The highest BCUT2D eigenvalue weighted by atomic mass is 35.5. The van der Waals surface area contributed by atoms with Gasteiger partial charge < -0.3 is 4.57 Å². The van der Waals surface area contributed by atoms with Crippen LogP contribution in [0.3, 0.4) is 0 Å². The van der Waals surface area contributed by atoms with Crippen molar-refractivity contribution in [1.29, 1.82) is 0 Å². The molecule has 0 aliphatic heterocycles. The van der Waals surface area contributed by atoms with Crippen LogP contribution >= 0.6 is 11.6 Å². The zero-order chi connectivity index (χ0) is 22.9. The third-order valence-electron chi connectivity index (χ3n) is 5.00. The number of hydrogen-bond donors (Lipinski definition) is 2. The molecule has 0 radical (unpaired) electrons. The van der Waals surface area contributed by atoms with Gasteiger partial charge in [0.2, 0.25) is 0 Å². The van der Waals surface area contributed by atoms with Gasteiger partial charge in [-0.25, -0.2) is 9.71 Å². The minimum atomic E-state index is -4.12. The van der Waals surface area contributed by atoms with Gasteiger partial charge in [0.15, 0.2) is 0 Å². The van der Waals surface area contributed by atoms with Crippen LogP contribution in [0.1, 0.15) is 27.3 Å². The molecular formula is C23H21ClN4O3S. The summed E-state index contributed by atoms with van der Waals surface area (Å²) in [4.78, 5) is 17.4. The molecule has 9 heteroatoms. The Bertz CT molecular complexity index is 1400. The Hall–Kier alpha value is -3.36. The number of para-hydroxylation sites is 1. The first-order valence-electron chi connectivity index (χ1n) is 9.84. The lowest BCUT2D eigenvalue weighted by molar-refractivity contribution is 0.0983. The highest BCUT2D eigenvalue weighted by molar-refractivity contribution is 7.91. The summed E-state index contributed by atoms with van der Waals surface area (Å²) in [6.45, 7) is 4.28. The fourth-order valence-corrected chi connectivity index (χ4v) is 4.38. The molecule has 0 fully saturated rings. The lowest BCUT2D eigenvalue weighted by Crippen LogP contribution is -2.35. The maximum Gasteiger partial charge on any atom is 0.323 e. The van der Waals surface area contributed by atoms with Crippen molar-refractivity contribution in [1.82, 2.24) is 14.3 Å². The van der Waals surface area contributed by atoms with Gasteiger partial charge in [-0.3, -0.25) is 9.52 Å². The molecule has 0 spiro atoms. The second-order valence-corrected chi connectivity index (χ2v) is 9.30. The van der Waals surface area contributed by atoms with Crippen molar-refractivity contribution in [3.8, 4) is 0 Å². The monoisotopic (exact) mass is 468 g/mol. The molecule has 1 amide bonds. The van der Waals surface area contributed by atoms with Gasteiger partial charge in [-0.05, 0) is 55.8 Å². The van der Waals surface area contributed by atoms with Gasteiger partial charge in [0.25, 0.3) is 5.91 Å². The number of hydrogen-bond acceptors (Lipinski definition) is 4. The molecule has 0 atom stereocenters. The van der Waals surface area contributed by atoms with Gasteiger partial charge in [-0.15, -0.1) is 0 Å². The molecule has 3 aromatic carbocycles. The van der Waals surface area contributed by atoms with Gasteiger partial charge >= 0.3 is 10.2 Å². The van der Waals surface area contributed by atoms with Crippen LogP contribution < -0.4 is 9.44 Å². The lowest BCUT2D eigenvalue weighted by Gasteiger charge is -2.10. The average molecular weight is 469 g/mol. The maximum atomic E-state index is 12.8. The molecule has 0 aliphatic carbocycles. The van der Waals surface area contributed by atoms with Gasteiger partial charge in [-0.2, -0.15) is 8.42 Å². The van der Waals surface area contributed by atoms with E-state index in [-0.39, 0.29) is 5.56 Å². The molecule has 32 heavy (non-hydrogen) atoms. The van der Waals surface area contributed by atoms with Crippen molar-refractivity contribution in [2.75, 3.05) is 4.72 Å². The van der Waals surface area contributed by atoms with Gasteiger partial charge in [0.1, 0.15) is 11.3 Å². The molecule has 164 valence electrons. The smallest absolute Gasteiger partial charge is 0.323 e. The Labute approximate surface area is 191 Å². The maximum absolute atomic E-state index is 12.8. The number of aryl methyl sites for hydroxylation is 2. The Balaban J connectivity index is 1.60. The number of benzene rings is 3. The van der Waals surface area contributed by atoms with E-state index in [9.17, 15) is 13.2 Å². The van der Waals surface area contributed by atoms with Crippen LogP contribution in [-0.2, 0) is 16.8 Å². The predicted octanol–water partition coefficient (Wildman–Crippen LogP) is 4.44. The summed E-state index contributed by atoms with van der Waals surface area (Å²) >= 11 is 5.97. The van der Waals surface area contributed by atoms with Crippen LogP contribution in [0.2, 0.25) is 5.02 Å².